The average Bonchev–Trinajstić information content (AvgIpc) is 3.25. The number of alkyl halides is 1. The van der Waals surface area contributed by atoms with Gasteiger partial charge in [0.1, 0.15) is 28.1 Å². The lowest BCUT2D eigenvalue weighted by atomic mass is 10.1. The van der Waals surface area contributed by atoms with Crippen molar-refractivity contribution in [3.05, 3.63) is 163 Å². The largest absolute Gasteiger partial charge is 0.465 e. The molecule has 2 atom stereocenters. The number of hydrogen-bond donors (Lipinski definition) is 2. The molecular weight excluding hydrogens is 868 g/mol. The first-order valence-corrected chi connectivity index (χ1v) is 20.8. The summed E-state index contributed by atoms with van der Waals surface area (Å²) in [4.78, 5) is 56.1. The summed E-state index contributed by atoms with van der Waals surface area (Å²) in [5.74, 6) is 0.718. The van der Waals surface area contributed by atoms with Crippen LogP contribution < -0.4 is 25.3 Å². The predicted molar refractivity (Wildman–Crippen MR) is 239 cm³/mol. The van der Waals surface area contributed by atoms with Gasteiger partial charge in [-0.2, -0.15) is 0 Å². The van der Waals surface area contributed by atoms with Crippen LogP contribution in [-0.4, -0.2) is 53.6 Å². The van der Waals surface area contributed by atoms with E-state index < -0.39 is 29.6 Å². The van der Waals surface area contributed by atoms with Gasteiger partial charge in [-0.1, -0.05) is 158 Å². The SMILES string of the molecule is CCCCOC(=O)C(Br)Cc1ccccc1.CCCCOC(=O)C(Cc1ccccc1)NC(=O)Oc1ccccc1.NC(=O)Oc1ccccc1.O=C(Cl)Oc1ccccc1. The summed E-state index contributed by atoms with van der Waals surface area (Å²) in [7, 11) is 0. The fourth-order valence-electron chi connectivity index (χ4n) is 4.73. The van der Waals surface area contributed by atoms with Gasteiger partial charge in [0.25, 0.3) is 0 Å². The second-order valence-electron chi connectivity index (χ2n) is 12.7. The molecule has 0 aliphatic rings. The summed E-state index contributed by atoms with van der Waals surface area (Å²) in [5, 5.41) is 2.60. The van der Waals surface area contributed by atoms with E-state index >= 15 is 0 Å². The molecule has 0 saturated heterocycles. The Morgan fingerprint density at radius 1 is 0.557 bits per heavy atom. The van der Waals surface area contributed by atoms with Crippen LogP contribution in [0.4, 0.5) is 14.4 Å². The van der Waals surface area contributed by atoms with Gasteiger partial charge < -0.3 is 34.7 Å². The first-order valence-electron chi connectivity index (χ1n) is 19.5. The number of esters is 2. The van der Waals surface area contributed by atoms with Crippen LogP contribution in [0, 0.1) is 0 Å². The highest BCUT2D eigenvalue weighted by Crippen LogP contribution is 2.13. The average molecular weight is 920 g/mol. The Morgan fingerprint density at radius 2 is 0.934 bits per heavy atom. The molecule has 2 unspecified atom stereocenters. The first-order chi connectivity index (χ1) is 29.5. The summed E-state index contributed by atoms with van der Waals surface area (Å²) >= 11 is 8.31. The Bertz CT molecular complexity index is 1910. The molecule has 0 aliphatic carbocycles. The maximum atomic E-state index is 12.3. The van der Waals surface area contributed by atoms with Gasteiger partial charge in [-0.3, -0.25) is 4.79 Å². The minimum Gasteiger partial charge on any atom is -0.465 e. The van der Waals surface area contributed by atoms with Crippen molar-refractivity contribution in [2.75, 3.05) is 13.2 Å². The third-order valence-electron chi connectivity index (χ3n) is 7.71. The fraction of sp³-hybridized carbons (Fsp3) is 0.255. The lowest BCUT2D eigenvalue weighted by molar-refractivity contribution is -0.146. The number of unbranched alkanes of at least 4 members (excludes halogenated alkanes) is 2. The van der Waals surface area contributed by atoms with E-state index in [0.29, 0.717) is 43.3 Å². The van der Waals surface area contributed by atoms with E-state index in [1.54, 1.807) is 72.8 Å². The second kappa shape index (κ2) is 31.7. The van der Waals surface area contributed by atoms with Crippen LogP contribution >= 0.6 is 27.5 Å². The topological polar surface area (TPSA) is 170 Å². The maximum Gasteiger partial charge on any atom is 0.413 e. The molecule has 5 rings (SSSR count). The Morgan fingerprint density at radius 3 is 1.34 bits per heavy atom. The number of nitrogens with two attached hydrogens (primary N) is 1. The lowest BCUT2D eigenvalue weighted by Crippen LogP contribution is -2.44. The highest BCUT2D eigenvalue weighted by molar-refractivity contribution is 9.10. The standard InChI is InChI=1S/C20H23NO4.C13H17BrO2.C7H5ClO2.C7H7NO2/c1-2-3-14-24-19(22)18(15-16-10-6-4-7-11-16)21-20(23)25-17-12-8-5-9-13-17;1-2-3-9-16-13(15)12(14)10-11-7-5-4-6-8-11;2*8-7(9)10-6-4-2-1-3-5-6/h4-13,18H,2-3,14-15H2,1H3,(H,21,23);4-8,12H,2-3,9-10H2,1H3;1-5H;1-5H,(H2,8,9). The minimum absolute atomic E-state index is 0.169. The van der Waals surface area contributed by atoms with Crippen LogP contribution in [-0.2, 0) is 31.9 Å². The monoisotopic (exact) mass is 918 g/mol. The number of benzene rings is 5. The molecule has 324 valence electrons. The number of carbonyl (C=O) groups is 5. The van der Waals surface area contributed by atoms with Crippen LogP contribution in [0.15, 0.2) is 152 Å². The van der Waals surface area contributed by atoms with Gasteiger partial charge in [0.15, 0.2) is 0 Å². The smallest absolute Gasteiger partial charge is 0.413 e. The number of ether oxygens (including phenoxy) is 5. The number of halogens is 2. The molecule has 0 aromatic heterocycles. The van der Waals surface area contributed by atoms with E-state index in [0.717, 1.165) is 36.8 Å². The molecule has 0 bridgehead atoms. The van der Waals surface area contributed by atoms with Gasteiger partial charge in [-0.05, 0) is 66.8 Å². The highest BCUT2D eigenvalue weighted by atomic mass is 79.9. The van der Waals surface area contributed by atoms with Gasteiger partial charge >= 0.3 is 29.6 Å². The van der Waals surface area contributed by atoms with Crippen LogP contribution in [0.5, 0.6) is 17.2 Å². The number of para-hydroxylation sites is 3. The van der Waals surface area contributed by atoms with E-state index in [9.17, 15) is 24.0 Å². The van der Waals surface area contributed by atoms with E-state index in [1.807, 2.05) is 85.8 Å². The van der Waals surface area contributed by atoms with Crippen LogP contribution in [0.2, 0.25) is 0 Å². The second-order valence-corrected chi connectivity index (χ2v) is 14.1. The Hall–Kier alpha value is -6.18. The molecule has 14 heteroatoms. The molecule has 5 aromatic rings. The van der Waals surface area contributed by atoms with Crippen molar-refractivity contribution in [1.29, 1.82) is 0 Å². The molecule has 12 nitrogen and oxygen atoms in total. The highest BCUT2D eigenvalue weighted by Gasteiger charge is 2.24. The molecule has 5 aromatic carbocycles. The summed E-state index contributed by atoms with van der Waals surface area (Å²) in [6.45, 7) is 4.95. The normalized spacial score (nSPS) is 10.8. The van der Waals surface area contributed by atoms with Gasteiger partial charge in [0.05, 0.1) is 13.2 Å². The van der Waals surface area contributed by atoms with E-state index in [-0.39, 0.29) is 10.8 Å². The van der Waals surface area contributed by atoms with Gasteiger partial charge in [0, 0.05) is 18.0 Å². The number of amides is 2. The van der Waals surface area contributed by atoms with Crippen molar-refractivity contribution in [3.8, 4) is 17.2 Å². The maximum absolute atomic E-state index is 12.3. The van der Waals surface area contributed by atoms with E-state index in [4.69, 9.17) is 31.5 Å². The number of primary amides is 1. The predicted octanol–water partition coefficient (Wildman–Crippen LogP) is 10.6. The zero-order chi connectivity index (χ0) is 44.5. The third-order valence-corrected chi connectivity index (χ3v) is 8.49. The molecule has 0 radical (unpaired) electrons. The molecule has 0 fully saturated rings. The van der Waals surface area contributed by atoms with Crippen molar-refractivity contribution < 1.29 is 47.7 Å². The van der Waals surface area contributed by atoms with Crippen molar-refractivity contribution >= 4 is 57.1 Å². The summed E-state index contributed by atoms with van der Waals surface area (Å²) < 4.78 is 24.7. The van der Waals surface area contributed by atoms with Crippen molar-refractivity contribution in [2.24, 2.45) is 5.73 Å². The molecule has 3 N–H and O–H groups in total. The number of carbonyl (C=O) groups excluding carboxylic acids is 5. The summed E-state index contributed by atoms with van der Waals surface area (Å²) in [5.41, 5.74) is 6.02. The summed E-state index contributed by atoms with van der Waals surface area (Å²) in [6.07, 6.45) is 3.24. The van der Waals surface area contributed by atoms with Crippen LogP contribution in [0.3, 0.4) is 0 Å². The van der Waals surface area contributed by atoms with Crippen LogP contribution in [0.25, 0.3) is 0 Å². The Kier molecular flexibility index (Phi) is 26.5. The van der Waals surface area contributed by atoms with E-state index in [2.05, 4.69) is 37.6 Å². The van der Waals surface area contributed by atoms with Gasteiger partial charge in [-0.15, -0.1) is 0 Å². The van der Waals surface area contributed by atoms with Crippen LogP contribution in [0.1, 0.15) is 50.7 Å². The molecule has 0 aliphatic heterocycles. The molecule has 0 heterocycles. The molecule has 0 spiro atoms. The molecule has 2 amide bonds. The van der Waals surface area contributed by atoms with Crippen molar-refractivity contribution in [3.63, 3.8) is 0 Å². The van der Waals surface area contributed by atoms with Crippen molar-refractivity contribution in [2.45, 2.75) is 63.2 Å². The zero-order valence-corrected chi connectivity index (χ0v) is 36.5. The lowest BCUT2D eigenvalue weighted by Gasteiger charge is -2.17. The van der Waals surface area contributed by atoms with E-state index in [1.165, 1.54) is 0 Å². The quantitative estimate of drug-likeness (QED) is 0.0420. The van der Waals surface area contributed by atoms with Gasteiger partial charge in [-0.25, -0.2) is 19.2 Å². The molecular formula is C47H52BrClN2O10. The van der Waals surface area contributed by atoms with Crippen molar-refractivity contribution in [1.82, 2.24) is 5.32 Å². The number of rotatable bonds is 16. The minimum atomic E-state index is -0.814. The Balaban J connectivity index is 0.000000304. The number of hydrogen-bond acceptors (Lipinski definition) is 10. The zero-order valence-electron chi connectivity index (χ0n) is 34.2. The third kappa shape index (κ3) is 25.1. The van der Waals surface area contributed by atoms with Gasteiger partial charge in [0.2, 0.25) is 0 Å². The fourth-order valence-corrected chi connectivity index (χ4v) is 5.32. The summed E-state index contributed by atoms with van der Waals surface area (Å²) in [6, 6.07) is 44.6. The Labute approximate surface area is 370 Å². The first kappa shape index (κ1) is 51.0. The molecule has 0 saturated carbocycles. The molecule has 61 heavy (non-hydrogen) atoms. The number of nitrogens with one attached hydrogen (secondary N) is 1.